The molecule has 0 bridgehead atoms. The lowest BCUT2D eigenvalue weighted by atomic mass is 10.3. The predicted octanol–water partition coefficient (Wildman–Crippen LogP) is 3.61. The first-order valence-electron chi connectivity index (χ1n) is 5.24. The number of halogens is 2. The molecule has 2 N–H and O–H groups in total. The predicted molar refractivity (Wildman–Crippen MR) is 65.4 cm³/mol. The van der Waals surface area contributed by atoms with E-state index in [1.807, 2.05) is 0 Å². The highest BCUT2D eigenvalue weighted by atomic mass is 19.2. The summed E-state index contributed by atoms with van der Waals surface area (Å²) in [6, 6.07) is 11.6. The van der Waals surface area contributed by atoms with Gasteiger partial charge in [0.05, 0.1) is 5.69 Å². The zero-order valence-corrected chi connectivity index (χ0v) is 9.28. The van der Waals surface area contributed by atoms with Crippen LogP contribution in [0.1, 0.15) is 0 Å². The Hall–Kier alpha value is -2.43. The van der Waals surface area contributed by atoms with Crippen molar-refractivity contribution < 1.29 is 13.6 Å². The monoisotopic (exact) mass is 248 g/mol. The van der Waals surface area contributed by atoms with Crippen molar-refractivity contribution in [2.45, 2.75) is 0 Å². The Bertz CT molecular complexity index is 558. The molecule has 0 aliphatic rings. The molecule has 2 aromatic carbocycles. The summed E-state index contributed by atoms with van der Waals surface area (Å²) in [5, 5.41) is 4.73. The Morgan fingerprint density at radius 1 is 0.889 bits per heavy atom. The number of para-hydroxylation sites is 1. The van der Waals surface area contributed by atoms with Crippen LogP contribution in [0.15, 0.2) is 48.5 Å². The molecule has 2 aromatic rings. The van der Waals surface area contributed by atoms with Crippen molar-refractivity contribution in [3.05, 3.63) is 60.2 Å². The second kappa shape index (κ2) is 5.27. The molecule has 2 rings (SSSR count). The highest BCUT2D eigenvalue weighted by Gasteiger charge is 2.10. The first-order valence-corrected chi connectivity index (χ1v) is 5.24. The number of nitrogens with one attached hydrogen (secondary N) is 2. The third kappa shape index (κ3) is 2.82. The minimum Gasteiger partial charge on any atom is -0.308 e. The molecule has 0 unspecified atom stereocenters. The third-order valence-corrected chi connectivity index (χ3v) is 2.23. The minimum atomic E-state index is -1.08. The van der Waals surface area contributed by atoms with Gasteiger partial charge in [0.15, 0.2) is 11.6 Å². The van der Waals surface area contributed by atoms with Crippen LogP contribution in [-0.2, 0) is 0 Å². The van der Waals surface area contributed by atoms with Crippen molar-refractivity contribution in [1.82, 2.24) is 0 Å². The van der Waals surface area contributed by atoms with E-state index in [4.69, 9.17) is 0 Å². The van der Waals surface area contributed by atoms with Crippen LogP contribution < -0.4 is 10.6 Å². The number of rotatable bonds is 2. The molecule has 0 aromatic heterocycles. The van der Waals surface area contributed by atoms with Crippen LogP contribution in [0.2, 0.25) is 0 Å². The summed E-state index contributed by atoms with van der Waals surface area (Å²) in [5.74, 6) is -2.09. The number of hydrogen-bond donors (Lipinski definition) is 2. The molecule has 0 heterocycles. The highest BCUT2D eigenvalue weighted by Crippen LogP contribution is 2.16. The Morgan fingerprint density at radius 2 is 1.61 bits per heavy atom. The molecule has 92 valence electrons. The van der Waals surface area contributed by atoms with E-state index in [0.29, 0.717) is 5.69 Å². The van der Waals surface area contributed by atoms with Gasteiger partial charge in [-0.15, -0.1) is 0 Å². The zero-order valence-electron chi connectivity index (χ0n) is 9.28. The maximum Gasteiger partial charge on any atom is 0.323 e. The summed E-state index contributed by atoms with van der Waals surface area (Å²) in [6.07, 6.45) is 0. The molecule has 18 heavy (non-hydrogen) atoms. The molecule has 0 aliphatic carbocycles. The number of benzene rings is 2. The second-order valence-corrected chi connectivity index (χ2v) is 3.55. The van der Waals surface area contributed by atoms with Gasteiger partial charge in [-0.1, -0.05) is 24.3 Å². The number of carbonyl (C=O) groups is 1. The Labute approximate surface area is 102 Å². The van der Waals surface area contributed by atoms with Gasteiger partial charge in [0.25, 0.3) is 0 Å². The lowest BCUT2D eigenvalue weighted by Gasteiger charge is -2.08. The van der Waals surface area contributed by atoms with Gasteiger partial charge in [-0.3, -0.25) is 0 Å². The van der Waals surface area contributed by atoms with E-state index in [1.165, 1.54) is 12.1 Å². The fourth-order valence-electron chi connectivity index (χ4n) is 1.41. The van der Waals surface area contributed by atoms with E-state index >= 15 is 0 Å². The van der Waals surface area contributed by atoms with Crippen LogP contribution in [0.4, 0.5) is 25.0 Å². The van der Waals surface area contributed by atoms with Crippen molar-refractivity contribution in [2.24, 2.45) is 0 Å². The van der Waals surface area contributed by atoms with Gasteiger partial charge < -0.3 is 10.6 Å². The molecule has 0 saturated carbocycles. The Morgan fingerprint density at radius 3 is 2.33 bits per heavy atom. The van der Waals surface area contributed by atoms with Gasteiger partial charge in [0, 0.05) is 5.69 Å². The molecule has 0 saturated heterocycles. The van der Waals surface area contributed by atoms with Gasteiger partial charge in [-0.25, -0.2) is 13.6 Å². The van der Waals surface area contributed by atoms with E-state index in [0.717, 1.165) is 6.07 Å². The largest absolute Gasteiger partial charge is 0.323 e. The molecule has 2 amide bonds. The average Bonchev–Trinajstić information content (AvgIpc) is 2.36. The lowest BCUT2D eigenvalue weighted by molar-refractivity contribution is 0.262. The molecule has 0 fully saturated rings. The zero-order chi connectivity index (χ0) is 13.0. The van der Waals surface area contributed by atoms with Crippen LogP contribution >= 0.6 is 0 Å². The van der Waals surface area contributed by atoms with Crippen LogP contribution in [-0.4, -0.2) is 6.03 Å². The van der Waals surface area contributed by atoms with E-state index in [2.05, 4.69) is 10.6 Å². The summed E-state index contributed by atoms with van der Waals surface area (Å²) >= 11 is 0. The fraction of sp³-hybridized carbons (Fsp3) is 0. The first-order chi connectivity index (χ1) is 8.66. The third-order valence-electron chi connectivity index (χ3n) is 2.23. The molecule has 3 nitrogen and oxygen atoms in total. The van der Waals surface area contributed by atoms with Crippen LogP contribution in [0.5, 0.6) is 0 Å². The first kappa shape index (κ1) is 12.0. The van der Waals surface area contributed by atoms with Crippen molar-refractivity contribution in [1.29, 1.82) is 0 Å². The summed E-state index contributed by atoms with van der Waals surface area (Å²) in [4.78, 5) is 11.5. The maximum atomic E-state index is 13.3. The summed E-state index contributed by atoms with van der Waals surface area (Å²) < 4.78 is 26.2. The number of carbonyl (C=O) groups excluding carboxylic acids is 1. The smallest absolute Gasteiger partial charge is 0.308 e. The van der Waals surface area contributed by atoms with Crippen molar-refractivity contribution in [2.75, 3.05) is 10.6 Å². The van der Waals surface area contributed by atoms with Gasteiger partial charge in [0.2, 0.25) is 0 Å². The normalized spacial score (nSPS) is 9.89. The summed E-state index contributed by atoms with van der Waals surface area (Å²) in [6.45, 7) is 0. The Kier molecular flexibility index (Phi) is 3.52. The molecule has 5 heteroatoms. The lowest BCUT2D eigenvalue weighted by Crippen LogP contribution is -2.20. The Balaban J connectivity index is 2.06. The molecular formula is C13H10F2N2O. The molecule has 0 radical (unpaired) electrons. The summed E-state index contributed by atoms with van der Waals surface area (Å²) in [7, 11) is 0. The number of amides is 2. The van der Waals surface area contributed by atoms with E-state index in [9.17, 15) is 13.6 Å². The van der Waals surface area contributed by atoms with Gasteiger partial charge >= 0.3 is 6.03 Å². The van der Waals surface area contributed by atoms with Crippen molar-refractivity contribution in [3.8, 4) is 0 Å². The van der Waals surface area contributed by atoms with E-state index < -0.39 is 17.7 Å². The van der Waals surface area contributed by atoms with Gasteiger partial charge in [-0.05, 0) is 24.3 Å². The molecule has 0 aliphatic heterocycles. The fourth-order valence-corrected chi connectivity index (χ4v) is 1.41. The SMILES string of the molecule is O=C(Nc1ccccc1)Nc1cccc(F)c1F. The van der Waals surface area contributed by atoms with E-state index in [1.54, 1.807) is 30.3 Å². The van der Waals surface area contributed by atoms with Gasteiger partial charge in [-0.2, -0.15) is 0 Å². The maximum absolute atomic E-state index is 13.3. The average molecular weight is 248 g/mol. The number of hydrogen-bond acceptors (Lipinski definition) is 1. The molecule has 0 atom stereocenters. The van der Waals surface area contributed by atoms with Crippen molar-refractivity contribution in [3.63, 3.8) is 0 Å². The number of urea groups is 1. The molecular weight excluding hydrogens is 238 g/mol. The summed E-state index contributed by atoms with van der Waals surface area (Å²) in [5.41, 5.74) is 0.357. The van der Waals surface area contributed by atoms with Crippen LogP contribution in [0, 0.1) is 11.6 Å². The van der Waals surface area contributed by atoms with Crippen LogP contribution in [0.3, 0.4) is 0 Å². The quantitative estimate of drug-likeness (QED) is 0.837. The second-order valence-electron chi connectivity index (χ2n) is 3.55. The highest BCUT2D eigenvalue weighted by molar-refractivity contribution is 5.99. The molecule has 0 spiro atoms. The van der Waals surface area contributed by atoms with Gasteiger partial charge in [0.1, 0.15) is 0 Å². The standard InChI is InChI=1S/C13H10F2N2O/c14-10-7-4-8-11(12(10)15)17-13(18)16-9-5-2-1-3-6-9/h1-8H,(H2,16,17,18). The topological polar surface area (TPSA) is 41.1 Å². The van der Waals surface area contributed by atoms with Crippen LogP contribution in [0.25, 0.3) is 0 Å². The minimum absolute atomic E-state index is 0.205. The van der Waals surface area contributed by atoms with E-state index in [-0.39, 0.29) is 5.69 Å². The number of anilines is 2. The van der Waals surface area contributed by atoms with Crippen molar-refractivity contribution >= 4 is 17.4 Å².